The van der Waals surface area contributed by atoms with Gasteiger partial charge in [-0.25, -0.2) is 4.98 Å². The van der Waals surface area contributed by atoms with E-state index in [1.54, 1.807) is 0 Å². The summed E-state index contributed by atoms with van der Waals surface area (Å²) in [5.74, 6) is 3.97. The predicted octanol–water partition coefficient (Wildman–Crippen LogP) is 14.9. The first-order chi connectivity index (χ1) is 32.9. The van der Waals surface area contributed by atoms with Gasteiger partial charge in [0.2, 0.25) is 0 Å². The van der Waals surface area contributed by atoms with Gasteiger partial charge in [0.1, 0.15) is 11.5 Å². The summed E-state index contributed by atoms with van der Waals surface area (Å²) in [4.78, 5) is 5.66. The van der Waals surface area contributed by atoms with Gasteiger partial charge in [-0.2, -0.15) is 0 Å². The zero-order valence-corrected chi connectivity index (χ0v) is 45.2. The van der Waals surface area contributed by atoms with Gasteiger partial charge in [0.05, 0.1) is 31.2 Å². The number of phenolic OH excluding ortho intramolecular Hbond substituents is 2. The summed E-state index contributed by atoms with van der Waals surface area (Å²) in [6.07, 6.45) is 15.2. The Morgan fingerprint density at radius 1 is 0.471 bits per heavy atom. The third kappa shape index (κ3) is 7.69. The van der Waals surface area contributed by atoms with Crippen molar-refractivity contribution in [2.45, 2.75) is 153 Å². The van der Waals surface area contributed by atoms with Gasteiger partial charge in [-0.1, -0.05) is 109 Å². The van der Waals surface area contributed by atoms with Crippen LogP contribution in [0.1, 0.15) is 153 Å². The van der Waals surface area contributed by atoms with Gasteiger partial charge in [0.15, 0.2) is 0 Å². The number of nitrogens with zero attached hydrogens (tertiary/aromatic N) is 1. The van der Waals surface area contributed by atoms with Gasteiger partial charge in [-0.15, -0.1) is 0 Å². The first kappa shape index (κ1) is 47.4. The Labute approximate surface area is 435 Å². The summed E-state index contributed by atoms with van der Waals surface area (Å²) in [5, 5.41) is 25.8. The monoisotopic (exact) mass is 1010 g/mol. The van der Waals surface area contributed by atoms with Crippen molar-refractivity contribution >= 4 is 0 Å². The molecule has 70 heavy (non-hydrogen) atoms. The van der Waals surface area contributed by atoms with E-state index in [0.29, 0.717) is 31.3 Å². The minimum Gasteiger partial charge on any atom is -0.507 e. The van der Waals surface area contributed by atoms with Crippen molar-refractivity contribution in [3.05, 3.63) is 113 Å². The maximum atomic E-state index is 12.9. The van der Waals surface area contributed by atoms with Gasteiger partial charge in [0.25, 0.3) is 0 Å². The molecule has 0 amide bonds. The predicted molar refractivity (Wildman–Crippen MR) is 274 cm³/mol. The largest absolute Gasteiger partial charge is 0.507 e. The summed E-state index contributed by atoms with van der Waals surface area (Å²) in [6, 6.07) is 30.4. The average molecular weight is 1020 g/mol. The molecule has 3 aliphatic heterocycles. The second-order valence-electron chi connectivity index (χ2n) is 26.7. The Morgan fingerprint density at radius 2 is 0.800 bits per heavy atom. The zero-order chi connectivity index (χ0) is 47.5. The number of aromatic nitrogens is 1. The number of hydrogen-bond acceptors (Lipinski definition) is 6. The fraction of sp³-hybridized carbons (Fsp3) is 0.540. The van der Waals surface area contributed by atoms with Gasteiger partial charge < -0.3 is 24.4 Å². The minimum absolute atomic E-state index is 0. The Balaban J connectivity index is 0.00000505. The quantitative estimate of drug-likeness (QED) is 0.169. The molecule has 0 unspecified atom stereocenters. The molecule has 8 aliphatic carbocycles. The normalized spacial score (nSPS) is 33.7. The van der Waals surface area contributed by atoms with Crippen molar-refractivity contribution in [2.75, 3.05) is 19.8 Å². The number of hydrogen-bond donors (Lipinski definition) is 2. The van der Waals surface area contributed by atoms with Crippen molar-refractivity contribution in [2.24, 2.45) is 40.9 Å². The van der Waals surface area contributed by atoms with Crippen LogP contribution in [0.5, 0.6) is 11.5 Å². The van der Waals surface area contributed by atoms with E-state index in [2.05, 4.69) is 133 Å². The van der Waals surface area contributed by atoms with Crippen molar-refractivity contribution in [1.82, 2.24) is 4.98 Å². The summed E-state index contributed by atoms with van der Waals surface area (Å²) in [6.45, 7) is 17.5. The molecule has 6 nitrogen and oxygen atoms in total. The molecule has 364 valence electrons. The van der Waals surface area contributed by atoms with Crippen LogP contribution in [0, 0.1) is 40.9 Å². The van der Waals surface area contributed by atoms with E-state index < -0.39 is 5.97 Å². The van der Waals surface area contributed by atoms with Gasteiger partial charge in [-0.3, -0.25) is 0 Å². The fourth-order valence-electron chi connectivity index (χ4n) is 16.4. The molecule has 11 aliphatic rings. The van der Waals surface area contributed by atoms with Gasteiger partial charge in [0, 0.05) is 70.6 Å². The standard InChI is InChI=1S/C63H73NO5.Zr/c1-58(2,3)43-22-50(56(65)52(24-43)61-28-37-16-38(29-61)18-39(17-37)30-61)46-12-8-10-14-48(46)54-26-45(63-67-34-60(7,35-68-63)36-69-63)27-55(64-54)49-15-11-9-13-47(49)51-23-44(59(4,5)6)25-53(57(51)66)62-31-40-19-41(32-62)21-42(20-40)33-62;/h8-15,22-27,37-42,65-66H,16-21,28-36H2,1-7H3;. The van der Waals surface area contributed by atoms with Crippen molar-refractivity contribution in [3.8, 4) is 56.3 Å². The molecule has 3 saturated heterocycles. The number of rotatable bonds is 7. The molecule has 0 radical (unpaired) electrons. The van der Waals surface area contributed by atoms with Crippen LogP contribution in [-0.4, -0.2) is 35.0 Å². The summed E-state index contributed by atoms with van der Waals surface area (Å²) in [7, 11) is 0. The van der Waals surface area contributed by atoms with Crippen LogP contribution in [-0.2, 0) is 68.0 Å². The van der Waals surface area contributed by atoms with Gasteiger partial charge in [-0.05, 0) is 181 Å². The molecule has 0 spiro atoms. The molecule has 5 aromatic rings. The Kier molecular flexibility index (Phi) is 11.1. The number of benzene rings is 4. The number of pyridine rings is 1. The minimum atomic E-state index is -1.39. The zero-order valence-electron chi connectivity index (χ0n) is 42.7. The molecule has 7 heteroatoms. The molecule has 16 rings (SSSR count). The number of fused-ring (bicyclic) bond motifs is 3. The molecule has 1 aromatic heterocycles. The van der Waals surface area contributed by atoms with Crippen LogP contribution in [0.2, 0.25) is 0 Å². The Bertz CT molecular complexity index is 2630. The second-order valence-corrected chi connectivity index (χ2v) is 26.7. The molecular weight excluding hydrogens is 942 g/mol. The third-order valence-corrected chi connectivity index (χ3v) is 19.2. The smallest absolute Gasteiger partial charge is 0.312 e. The van der Waals surface area contributed by atoms with Crippen LogP contribution in [0.4, 0.5) is 0 Å². The van der Waals surface area contributed by atoms with E-state index in [1.807, 2.05) is 0 Å². The Hall–Kier alpha value is -3.61. The van der Waals surface area contributed by atoms with Crippen molar-refractivity contribution in [1.29, 1.82) is 0 Å². The molecule has 4 aromatic carbocycles. The molecule has 2 N–H and O–H groups in total. The second kappa shape index (κ2) is 16.4. The molecule has 0 atom stereocenters. The van der Waals surface area contributed by atoms with E-state index in [-0.39, 0.29) is 53.3 Å². The Morgan fingerprint density at radius 3 is 1.13 bits per heavy atom. The summed E-state index contributed by atoms with van der Waals surface area (Å²) in [5.41, 5.74) is 12.1. The molecule has 4 heterocycles. The number of aromatic hydroxyl groups is 2. The molecule has 11 fully saturated rings. The van der Waals surface area contributed by atoms with Crippen LogP contribution in [0.15, 0.2) is 84.9 Å². The van der Waals surface area contributed by atoms with Crippen LogP contribution < -0.4 is 0 Å². The molecule has 10 bridgehead atoms. The van der Waals surface area contributed by atoms with Crippen LogP contribution in [0.3, 0.4) is 0 Å². The first-order valence-electron chi connectivity index (χ1n) is 26.8. The molecular formula is C63H73NO5Zr. The fourth-order valence-corrected chi connectivity index (χ4v) is 16.4. The number of phenols is 2. The first-order valence-corrected chi connectivity index (χ1v) is 26.8. The average Bonchev–Trinajstić information content (AvgIpc) is 3.30. The van der Waals surface area contributed by atoms with E-state index >= 15 is 0 Å². The maximum Gasteiger partial charge on any atom is 0.312 e. The van der Waals surface area contributed by atoms with Crippen LogP contribution in [0.25, 0.3) is 44.8 Å². The number of ether oxygens (including phenoxy) is 3. The van der Waals surface area contributed by atoms with Gasteiger partial charge >= 0.3 is 5.97 Å². The van der Waals surface area contributed by atoms with E-state index in [4.69, 9.17) is 19.2 Å². The topological polar surface area (TPSA) is 81.0 Å². The molecule has 8 saturated carbocycles. The maximum absolute atomic E-state index is 12.9. The van der Waals surface area contributed by atoms with E-state index in [0.717, 1.165) is 97.0 Å². The van der Waals surface area contributed by atoms with E-state index in [1.165, 1.54) is 88.2 Å². The van der Waals surface area contributed by atoms with E-state index in [9.17, 15) is 10.2 Å². The summed E-state index contributed by atoms with van der Waals surface area (Å²) >= 11 is 0. The summed E-state index contributed by atoms with van der Waals surface area (Å²) < 4.78 is 19.9. The van der Waals surface area contributed by atoms with Crippen molar-refractivity contribution < 1.29 is 50.6 Å². The van der Waals surface area contributed by atoms with Crippen LogP contribution >= 0.6 is 0 Å². The van der Waals surface area contributed by atoms with Crippen molar-refractivity contribution in [3.63, 3.8) is 0 Å². The third-order valence-electron chi connectivity index (χ3n) is 19.2. The SMILES string of the molecule is CC12COC(c3cc(-c4ccccc4-c4cc(C(C)(C)C)cc(C56CC7CC(CC(C7)C5)C6)c4O)nc(-c4ccccc4-c4cc(C(C)(C)C)cc(C56CC7CC(CC(C7)C5)C6)c4O)c3)(OC1)OC2.[Zr].